The van der Waals surface area contributed by atoms with Gasteiger partial charge in [0.25, 0.3) is 5.84 Å². The molecular formula is C36H52N18Re3+4. The molecule has 18 nitrogen and oxygen atoms in total. The Balaban J connectivity index is -0.000000592. The quantitative estimate of drug-likeness (QED) is 0.216. The fraction of sp³-hybridized carbons (Fsp3) is 0.333. The summed E-state index contributed by atoms with van der Waals surface area (Å²) in [5.74, 6) is 3.90. The van der Waals surface area contributed by atoms with Gasteiger partial charge in [-0.25, -0.2) is 15.7 Å². The van der Waals surface area contributed by atoms with Gasteiger partial charge < -0.3 is 5.01 Å². The number of rotatable bonds is 0. The summed E-state index contributed by atoms with van der Waals surface area (Å²) in [4.78, 5) is 9.49. The van der Waals surface area contributed by atoms with Crippen molar-refractivity contribution < 1.29 is 89.3 Å². The van der Waals surface area contributed by atoms with Crippen molar-refractivity contribution in [3.8, 4) is 0 Å². The van der Waals surface area contributed by atoms with Gasteiger partial charge in [0.2, 0.25) is 10.9 Å². The third kappa shape index (κ3) is 21.4. The van der Waals surface area contributed by atoms with Gasteiger partial charge in [0.15, 0.2) is 25.0 Å². The summed E-state index contributed by atoms with van der Waals surface area (Å²) in [5.41, 5.74) is 6.49. The van der Waals surface area contributed by atoms with Crippen LogP contribution in [0.5, 0.6) is 0 Å². The van der Waals surface area contributed by atoms with Gasteiger partial charge in [0.1, 0.15) is 41.2 Å². The summed E-state index contributed by atoms with van der Waals surface area (Å²) >= 11 is 0. The third-order valence-electron chi connectivity index (χ3n) is 7.04. The van der Waals surface area contributed by atoms with E-state index in [1.165, 1.54) is 9.50 Å². The first-order valence-corrected chi connectivity index (χ1v) is 16.1. The van der Waals surface area contributed by atoms with Crippen LogP contribution in [0.1, 0.15) is 34.6 Å². The SMILES string of the molecule is C=C1C=[N+](C)C(C)=N1.C=C1N=C(C)C=[N+]1C.C=C1N=NN=[N+]1C.C=C1N=N[N+](C)=N1.C=C1[C+](C)[C-]=NN1C.C=C1[C-]=C(C)[N+](C)=N1.C=C1[C-]=N[N+](C)=C1C.[Re].[Re].[Re]. The molecule has 7 aliphatic heterocycles. The molecule has 0 aliphatic carbocycles. The zero-order valence-electron chi connectivity index (χ0n) is 34.8. The molecule has 7 heterocycles. The molecule has 57 heavy (non-hydrogen) atoms. The molecule has 0 aromatic rings. The van der Waals surface area contributed by atoms with Crippen LogP contribution in [0.3, 0.4) is 0 Å². The van der Waals surface area contributed by atoms with Crippen LogP contribution in [-0.4, -0.2) is 124 Å². The molecule has 0 bridgehead atoms. The molecule has 0 saturated carbocycles. The zero-order valence-corrected chi connectivity index (χ0v) is 42.9. The van der Waals surface area contributed by atoms with Crippen molar-refractivity contribution in [2.24, 2.45) is 56.3 Å². The van der Waals surface area contributed by atoms with E-state index in [-0.39, 0.29) is 61.3 Å². The van der Waals surface area contributed by atoms with E-state index in [1.807, 2.05) is 91.4 Å². The fourth-order valence-corrected chi connectivity index (χ4v) is 3.44. The summed E-state index contributed by atoms with van der Waals surface area (Å²) in [7, 11) is 12.9. The third-order valence-corrected chi connectivity index (χ3v) is 7.04. The van der Waals surface area contributed by atoms with Crippen molar-refractivity contribution in [2.75, 3.05) is 49.3 Å². The number of azo groups is 3. The van der Waals surface area contributed by atoms with E-state index in [0.717, 1.165) is 51.7 Å². The topological polar surface area (TPSA) is 157 Å². The molecule has 0 fully saturated rings. The van der Waals surface area contributed by atoms with Gasteiger partial charge in [-0.15, -0.1) is 21.0 Å². The van der Waals surface area contributed by atoms with Crippen LogP contribution in [0.2, 0.25) is 0 Å². The second-order valence-corrected chi connectivity index (χ2v) is 11.6. The Bertz CT molecular complexity index is 1900. The molecule has 3 radical (unpaired) electrons. The maximum absolute atomic E-state index is 4.06. The summed E-state index contributed by atoms with van der Waals surface area (Å²) in [5, 5.41) is 34.4. The Morgan fingerprint density at radius 3 is 1.49 bits per heavy atom. The maximum atomic E-state index is 4.06. The predicted molar refractivity (Wildman–Crippen MR) is 211 cm³/mol. The molecule has 0 unspecified atom stereocenters. The minimum Gasteiger partial charge on any atom is -0.327 e. The average Bonchev–Trinajstić information content (AvgIpc) is 3.97. The minimum atomic E-state index is 0. The van der Waals surface area contributed by atoms with Crippen molar-refractivity contribution in [1.82, 2.24) is 5.01 Å². The largest absolute Gasteiger partial charge is 0.327 e. The number of aliphatic imine (C=N–C) groups is 2. The van der Waals surface area contributed by atoms with E-state index in [2.05, 4.69) is 121 Å². The molecular weight excluding hydrogens is 1240 g/mol. The van der Waals surface area contributed by atoms with Crippen LogP contribution in [0.4, 0.5) is 0 Å². The normalized spacial score (nSPS) is 17.4. The van der Waals surface area contributed by atoms with Crippen molar-refractivity contribution in [1.29, 1.82) is 0 Å². The first-order chi connectivity index (χ1) is 25.1. The monoisotopic (exact) mass is 1300 g/mol. The zero-order chi connectivity index (χ0) is 41.3. The van der Waals surface area contributed by atoms with Gasteiger partial charge >= 0.3 is 17.5 Å². The van der Waals surface area contributed by atoms with Gasteiger partial charge in [0, 0.05) is 95.3 Å². The van der Waals surface area contributed by atoms with Crippen molar-refractivity contribution in [3.63, 3.8) is 0 Å². The van der Waals surface area contributed by atoms with Crippen LogP contribution in [-0.2, 0) is 61.3 Å². The van der Waals surface area contributed by atoms with Gasteiger partial charge in [-0.05, 0) is 89.6 Å². The second-order valence-electron chi connectivity index (χ2n) is 11.6. The summed E-state index contributed by atoms with van der Waals surface area (Å²) in [6, 6.07) is 0. The van der Waals surface area contributed by atoms with Crippen LogP contribution in [0.25, 0.3) is 0 Å². The first kappa shape index (κ1) is 56.6. The van der Waals surface area contributed by atoms with Crippen molar-refractivity contribution in [3.05, 3.63) is 104 Å². The number of hydrogen-bond acceptors (Lipinski definition) is 12. The number of nitrogens with zero attached hydrogens (tertiary/aromatic N) is 18. The summed E-state index contributed by atoms with van der Waals surface area (Å²) < 4.78 is 8.85. The summed E-state index contributed by atoms with van der Waals surface area (Å²) in [6.07, 6.45) is 12.3. The first-order valence-electron chi connectivity index (χ1n) is 16.1. The molecule has 303 valence electrons. The van der Waals surface area contributed by atoms with E-state index >= 15 is 0 Å². The summed E-state index contributed by atoms with van der Waals surface area (Å²) in [6.45, 7) is 35.1. The molecule has 0 atom stereocenters. The van der Waals surface area contributed by atoms with Gasteiger partial charge in [-0.3, -0.25) is 5.10 Å². The molecule has 0 spiro atoms. The Hall–Kier alpha value is -4.73. The van der Waals surface area contributed by atoms with Crippen LogP contribution in [0, 0.1) is 12.0 Å². The molecule has 0 aromatic carbocycles. The van der Waals surface area contributed by atoms with Gasteiger partial charge in [-0.1, -0.05) is 5.10 Å². The van der Waals surface area contributed by atoms with Crippen molar-refractivity contribution in [2.45, 2.75) is 34.6 Å². The Morgan fingerprint density at radius 2 is 1.37 bits per heavy atom. The molecule has 0 saturated heterocycles. The van der Waals surface area contributed by atoms with Crippen LogP contribution in [0.15, 0.2) is 148 Å². The van der Waals surface area contributed by atoms with Crippen LogP contribution < -0.4 is 0 Å². The smallest absolute Gasteiger partial charge is 0.327 e. The number of hydrogen-bond donors (Lipinski definition) is 0. The second kappa shape index (κ2) is 27.8. The van der Waals surface area contributed by atoms with Crippen LogP contribution >= 0.6 is 0 Å². The van der Waals surface area contributed by atoms with E-state index in [1.54, 1.807) is 28.5 Å². The average molecular weight is 1300 g/mol. The Kier molecular flexibility index (Phi) is 27.6. The molecule has 7 rings (SSSR count). The minimum absolute atomic E-state index is 0. The molecule has 0 aromatic heterocycles. The Morgan fingerprint density at radius 1 is 0.754 bits per heavy atom. The number of amidine groups is 1. The predicted octanol–water partition coefficient (Wildman–Crippen LogP) is 5.89. The van der Waals surface area contributed by atoms with Gasteiger partial charge in [0.05, 0.1) is 32.0 Å². The molecule has 0 amide bonds. The molecule has 21 heteroatoms. The number of hydrazone groups is 2. The fourth-order valence-electron chi connectivity index (χ4n) is 3.44. The van der Waals surface area contributed by atoms with E-state index in [4.69, 9.17) is 0 Å². The van der Waals surface area contributed by atoms with Crippen molar-refractivity contribution >= 4 is 42.1 Å². The standard InChI is InChI=1S/2C6H9N2.3C6H8N2.2C3H5N4.3Re/c2*1-5-4-8(3)6(2)7-5;2*1-5-4-7-8(3)6(5)2;1-5-4-6(2)8(3)7-5;1-3-4-5-6-7(3)2;1-3-4-6-7(2)5-3;;;/h4H,2H2,1,3H3;4H,1H2,2-3H3;2H2,1,3H3;2*1H2,2-3H3;2*1H2,2H3;;;/q2*+1;;;;2*+1;;;. The van der Waals surface area contributed by atoms with E-state index in [0.29, 0.717) is 17.3 Å². The number of allylic oxidation sites excluding steroid dienone is 5. The maximum Gasteiger partial charge on any atom is 0.327 e. The molecule has 0 N–H and O–H groups in total. The van der Waals surface area contributed by atoms with E-state index < -0.39 is 0 Å². The Labute approximate surface area is 378 Å². The molecule has 7 aliphatic rings. The van der Waals surface area contributed by atoms with E-state index in [9.17, 15) is 0 Å². The van der Waals surface area contributed by atoms with Gasteiger partial charge in [-0.2, -0.15) is 11.3 Å².